The van der Waals surface area contributed by atoms with Crippen molar-refractivity contribution in [2.75, 3.05) is 31.1 Å². The highest BCUT2D eigenvalue weighted by Crippen LogP contribution is 2.25. The fourth-order valence-electron chi connectivity index (χ4n) is 3.81. The predicted molar refractivity (Wildman–Crippen MR) is 125 cm³/mol. The summed E-state index contributed by atoms with van der Waals surface area (Å²) in [5.74, 6) is 1.01. The number of carbonyl (C=O) groups excluding carboxylic acids is 1. The largest absolute Gasteiger partial charge is 0.489 e. The molecule has 0 radical (unpaired) electrons. The first-order chi connectivity index (χ1) is 15.1. The van der Waals surface area contributed by atoms with Crippen LogP contribution < -0.4 is 9.64 Å². The second-order valence-corrected chi connectivity index (χ2v) is 9.53. The number of rotatable bonds is 8. The number of nitrogens with zero attached hydrogens (tertiary/aromatic N) is 4. The molecule has 3 heterocycles. The Bertz CT molecular complexity index is 966. The molecule has 1 unspecified atom stereocenters. The van der Waals surface area contributed by atoms with Crippen molar-refractivity contribution in [3.63, 3.8) is 0 Å². The number of thiophene rings is 1. The molecule has 0 spiro atoms. The van der Waals surface area contributed by atoms with Crippen LogP contribution in [0.2, 0.25) is 4.34 Å². The molecule has 4 rings (SSSR count). The van der Waals surface area contributed by atoms with Gasteiger partial charge in [-0.3, -0.25) is 4.79 Å². The third kappa shape index (κ3) is 6.02. The topological polar surface area (TPSA) is 50.6 Å². The van der Waals surface area contributed by atoms with Crippen LogP contribution in [0.3, 0.4) is 0 Å². The minimum Gasteiger partial charge on any atom is -0.489 e. The van der Waals surface area contributed by atoms with Gasteiger partial charge in [-0.05, 0) is 49.2 Å². The van der Waals surface area contributed by atoms with Crippen molar-refractivity contribution in [2.45, 2.75) is 32.4 Å². The average molecular weight is 459 g/mol. The minimum absolute atomic E-state index is 0.0278. The van der Waals surface area contributed by atoms with E-state index in [-0.39, 0.29) is 12.0 Å². The number of benzene rings is 1. The van der Waals surface area contributed by atoms with Gasteiger partial charge in [0.15, 0.2) is 0 Å². The second kappa shape index (κ2) is 10.2. The third-order valence-electron chi connectivity index (χ3n) is 5.54. The Hall–Kier alpha value is -2.51. The fourth-order valence-corrected chi connectivity index (χ4v) is 4.92. The maximum absolute atomic E-state index is 11.5. The quantitative estimate of drug-likeness (QED) is 0.503. The van der Waals surface area contributed by atoms with E-state index in [9.17, 15) is 4.79 Å². The molecule has 0 saturated carbocycles. The van der Waals surface area contributed by atoms with Gasteiger partial charge < -0.3 is 19.1 Å². The predicted octanol–water partition coefficient (Wildman–Crippen LogP) is 4.35. The Labute approximate surface area is 192 Å². The Balaban J connectivity index is 1.37. The van der Waals surface area contributed by atoms with Gasteiger partial charge in [-0.15, -0.1) is 11.3 Å². The molecule has 0 aliphatic carbocycles. The monoisotopic (exact) mass is 458 g/mol. The van der Waals surface area contributed by atoms with Gasteiger partial charge in [0.05, 0.1) is 17.2 Å². The van der Waals surface area contributed by atoms with Crippen LogP contribution in [0.4, 0.5) is 5.69 Å². The number of hydrogen-bond acceptors (Lipinski definition) is 5. The molecule has 1 aliphatic heterocycles. The SMILES string of the molecule is CC(=O)N1CCN(c2ccc(OC(CCc3ccc(Cl)s3)Cn3ccnc3)cc2)CC1. The van der Waals surface area contributed by atoms with Crippen LogP contribution in [0.5, 0.6) is 5.75 Å². The van der Waals surface area contributed by atoms with Gasteiger partial charge in [-0.2, -0.15) is 0 Å². The maximum atomic E-state index is 11.5. The molecule has 1 fully saturated rings. The number of anilines is 1. The van der Waals surface area contributed by atoms with Crippen molar-refractivity contribution in [1.82, 2.24) is 14.5 Å². The lowest BCUT2D eigenvalue weighted by molar-refractivity contribution is -0.129. The van der Waals surface area contributed by atoms with Crippen LogP contribution in [0.15, 0.2) is 55.1 Å². The molecule has 1 saturated heterocycles. The highest BCUT2D eigenvalue weighted by atomic mass is 35.5. The summed E-state index contributed by atoms with van der Waals surface area (Å²) in [6.07, 6.45) is 7.42. The molecule has 1 amide bonds. The number of carbonyl (C=O) groups is 1. The lowest BCUT2D eigenvalue weighted by Crippen LogP contribution is -2.48. The third-order valence-corrected chi connectivity index (χ3v) is 6.84. The molecule has 1 aliphatic rings. The molecule has 3 aromatic rings. The van der Waals surface area contributed by atoms with Crippen LogP contribution >= 0.6 is 22.9 Å². The highest BCUT2D eigenvalue weighted by Gasteiger charge is 2.19. The summed E-state index contributed by atoms with van der Waals surface area (Å²) < 4.78 is 9.23. The smallest absolute Gasteiger partial charge is 0.219 e. The number of amides is 1. The number of halogens is 1. The molecular weight excluding hydrogens is 432 g/mol. The van der Waals surface area contributed by atoms with Gasteiger partial charge in [0, 0.05) is 56.1 Å². The van der Waals surface area contributed by atoms with Crippen LogP contribution in [-0.2, 0) is 17.8 Å². The van der Waals surface area contributed by atoms with E-state index >= 15 is 0 Å². The van der Waals surface area contributed by atoms with Crippen molar-refractivity contribution in [3.8, 4) is 5.75 Å². The first-order valence-electron chi connectivity index (χ1n) is 10.5. The standard InChI is InChI=1S/C23H27ClN4O2S/c1-18(29)27-12-14-28(15-13-27)19-2-4-20(5-3-19)30-21(16-26-11-10-25-17-26)6-7-22-8-9-23(24)31-22/h2-5,8-11,17,21H,6-7,12-16H2,1H3. The van der Waals surface area contributed by atoms with Gasteiger partial charge in [-0.25, -0.2) is 4.98 Å². The van der Waals surface area contributed by atoms with Crippen LogP contribution in [-0.4, -0.2) is 52.6 Å². The van der Waals surface area contributed by atoms with Crippen molar-refractivity contribution in [3.05, 3.63) is 64.3 Å². The van der Waals surface area contributed by atoms with E-state index in [2.05, 4.69) is 32.7 Å². The van der Waals surface area contributed by atoms with E-state index in [1.807, 2.05) is 35.6 Å². The molecule has 1 aromatic carbocycles. The lowest BCUT2D eigenvalue weighted by Gasteiger charge is -2.35. The van der Waals surface area contributed by atoms with E-state index in [1.165, 1.54) is 4.88 Å². The van der Waals surface area contributed by atoms with Crippen LogP contribution in [0, 0.1) is 0 Å². The van der Waals surface area contributed by atoms with Crippen molar-refractivity contribution >= 4 is 34.5 Å². The average Bonchev–Trinajstić information content (AvgIpc) is 3.44. The minimum atomic E-state index is 0.0278. The molecule has 2 aromatic heterocycles. The Morgan fingerprint density at radius 1 is 1.16 bits per heavy atom. The second-order valence-electron chi connectivity index (χ2n) is 7.73. The first kappa shape index (κ1) is 21.7. The zero-order chi connectivity index (χ0) is 21.6. The van der Waals surface area contributed by atoms with E-state index in [0.717, 1.165) is 61.3 Å². The molecule has 6 nitrogen and oxygen atoms in total. The van der Waals surface area contributed by atoms with Gasteiger partial charge in [0.2, 0.25) is 5.91 Å². The van der Waals surface area contributed by atoms with Crippen LogP contribution in [0.1, 0.15) is 18.2 Å². The van der Waals surface area contributed by atoms with Crippen LogP contribution in [0.25, 0.3) is 0 Å². The van der Waals surface area contributed by atoms with E-state index in [4.69, 9.17) is 16.3 Å². The van der Waals surface area contributed by atoms with Crippen molar-refractivity contribution in [2.24, 2.45) is 0 Å². The summed E-state index contributed by atoms with van der Waals surface area (Å²) >= 11 is 7.70. The number of imidazole rings is 1. The fraction of sp³-hybridized carbons (Fsp3) is 0.391. The summed E-state index contributed by atoms with van der Waals surface area (Å²) in [6, 6.07) is 12.3. The molecular formula is C23H27ClN4O2S. The summed E-state index contributed by atoms with van der Waals surface area (Å²) in [4.78, 5) is 21.2. The Kier molecular flexibility index (Phi) is 7.14. The van der Waals surface area contributed by atoms with Crippen molar-refractivity contribution in [1.29, 1.82) is 0 Å². The van der Waals surface area contributed by atoms with E-state index < -0.39 is 0 Å². The first-order valence-corrected chi connectivity index (χ1v) is 11.7. The van der Waals surface area contributed by atoms with Gasteiger partial charge >= 0.3 is 0 Å². The maximum Gasteiger partial charge on any atom is 0.219 e. The molecule has 0 bridgehead atoms. The number of ether oxygens (including phenoxy) is 1. The van der Waals surface area contributed by atoms with Gasteiger partial charge in [0.25, 0.3) is 0 Å². The zero-order valence-corrected chi connectivity index (χ0v) is 19.2. The van der Waals surface area contributed by atoms with E-state index in [1.54, 1.807) is 24.5 Å². The van der Waals surface area contributed by atoms with Gasteiger partial charge in [-0.1, -0.05) is 11.6 Å². The van der Waals surface area contributed by atoms with Gasteiger partial charge in [0.1, 0.15) is 11.9 Å². The number of piperazine rings is 1. The normalized spacial score (nSPS) is 15.2. The lowest BCUT2D eigenvalue weighted by atomic mass is 10.1. The zero-order valence-electron chi connectivity index (χ0n) is 17.6. The van der Waals surface area contributed by atoms with Crippen molar-refractivity contribution < 1.29 is 9.53 Å². The number of aromatic nitrogens is 2. The number of aryl methyl sites for hydroxylation is 1. The summed E-state index contributed by atoms with van der Waals surface area (Å²) in [5.41, 5.74) is 1.16. The molecule has 1 atom stereocenters. The Morgan fingerprint density at radius 3 is 2.55 bits per heavy atom. The summed E-state index contributed by atoms with van der Waals surface area (Å²) in [5, 5.41) is 0. The molecule has 31 heavy (non-hydrogen) atoms. The highest BCUT2D eigenvalue weighted by molar-refractivity contribution is 7.16. The molecule has 0 N–H and O–H groups in total. The van der Waals surface area contributed by atoms with E-state index in [0.29, 0.717) is 0 Å². The molecule has 164 valence electrons. The Morgan fingerprint density at radius 2 is 1.94 bits per heavy atom. The summed E-state index contributed by atoms with van der Waals surface area (Å²) in [6.45, 7) is 5.63. The number of hydrogen-bond donors (Lipinski definition) is 0. The summed E-state index contributed by atoms with van der Waals surface area (Å²) in [7, 11) is 0. The molecule has 8 heteroatoms.